The number of rotatable bonds is 5. The Morgan fingerprint density at radius 3 is 2.61 bits per heavy atom. The van der Waals surface area contributed by atoms with Gasteiger partial charge in [-0.15, -0.1) is 0 Å². The molecule has 18 heavy (non-hydrogen) atoms. The van der Waals surface area contributed by atoms with Crippen LogP contribution in [0.4, 0.5) is 0 Å². The molecule has 1 aromatic heterocycles. The summed E-state index contributed by atoms with van der Waals surface area (Å²) in [6.45, 7) is 2.59. The van der Waals surface area contributed by atoms with Gasteiger partial charge in [0.05, 0.1) is 12.3 Å². The number of aryl methyl sites for hydroxylation is 3. The van der Waals surface area contributed by atoms with E-state index in [0.29, 0.717) is 5.15 Å². The van der Waals surface area contributed by atoms with E-state index in [1.54, 1.807) is 4.68 Å². The predicted molar refractivity (Wildman–Crippen MR) is 72.7 cm³/mol. The standard InChI is InChI=1S/C14H17ClN2O/c1-11-13(10-18)14(15)17(16-11)9-5-8-12-6-3-2-4-7-12/h2-4,6-7,18H,5,8-10H2,1H3. The minimum Gasteiger partial charge on any atom is -0.391 e. The Morgan fingerprint density at radius 1 is 1.28 bits per heavy atom. The van der Waals surface area contributed by atoms with E-state index in [2.05, 4.69) is 17.2 Å². The number of halogens is 1. The van der Waals surface area contributed by atoms with Crippen molar-refractivity contribution >= 4 is 11.6 Å². The summed E-state index contributed by atoms with van der Waals surface area (Å²) in [6, 6.07) is 10.4. The number of nitrogens with zero attached hydrogens (tertiary/aromatic N) is 2. The normalized spacial score (nSPS) is 10.8. The average molecular weight is 265 g/mol. The van der Waals surface area contributed by atoms with Crippen molar-refractivity contribution in [3.63, 3.8) is 0 Å². The zero-order valence-electron chi connectivity index (χ0n) is 10.4. The molecule has 0 bridgehead atoms. The lowest BCUT2D eigenvalue weighted by Crippen LogP contribution is -2.02. The topological polar surface area (TPSA) is 38.0 Å². The van der Waals surface area contributed by atoms with E-state index in [1.165, 1.54) is 5.56 Å². The van der Waals surface area contributed by atoms with Crippen molar-refractivity contribution in [3.8, 4) is 0 Å². The molecule has 0 saturated carbocycles. The second kappa shape index (κ2) is 6.03. The first kappa shape index (κ1) is 13.1. The number of aliphatic hydroxyl groups excluding tert-OH is 1. The van der Waals surface area contributed by atoms with Gasteiger partial charge in [0.15, 0.2) is 0 Å². The number of hydrogen-bond donors (Lipinski definition) is 1. The van der Waals surface area contributed by atoms with Gasteiger partial charge in [-0.3, -0.25) is 4.68 Å². The van der Waals surface area contributed by atoms with Crippen LogP contribution in [0.25, 0.3) is 0 Å². The summed E-state index contributed by atoms with van der Waals surface area (Å²) < 4.78 is 1.77. The van der Waals surface area contributed by atoms with Crippen molar-refractivity contribution in [2.45, 2.75) is 32.9 Å². The SMILES string of the molecule is Cc1nn(CCCc2ccccc2)c(Cl)c1CO. The predicted octanol–water partition coefficient (Wildman–Crippen LogP) is 2.97. The molecule has 0 spiro atoms. The minimum atomic E-state index is -0.0522. The van der Waals surface area contributed by atoms with Crippen LogP contribution in [0.15, 0.2) is 30.3 Å². The van der Waals surface area contributed by atoms with Gasteiger partial charge in [-0.05, 0) is 25.3 Å². The maximum atomic E-state index is 9.18. The Bertz CT molecular complexity index is 508. The van der Waals surface area contributed by atoms with Crippen molar-refractivity contribution in [1.29, 1.82) is 0 Å². The molecule has 0 aliphatic carbocycles. The van der Waals surface area contributed by atoms with Crippen LogP contribution < -0.4 is 0 Å². The van der Waals surface area contributed by atoms with Crippen LogP contribution in [0.1, 0.15) is 23.2 Å². The summed E-state index contributed by atoms with van der Waals surface area (Å²) in [4.78, 5) is 0. The fourth-order valence-electron chi connectivity index (χ4n) is 2.00. The first-order chi connectivity index (χ1) is 8.72. The zero-order chi connectivity index (χ0) is 13.0. The third kappa shape index (κ3) is 2.92. The smallest absolute Gasteiger partial charge is 0.132 e. The Balaban J connectivity index is 1.95. The largest absolute Gasteiger partial charge is 0.391 e. The van der Waals surface area contributed by atoms with Gasteiger partial charge in [-0.1, -0.05) is 41.9 Å². The number of aliphatic hydroxyl groups is 1. The number of aromatic nitrogens is 2. The highest BCUT2D eigenvalue weighted by molar-refractivity contribution is 6.30. The van der Waals surface area contributed by atoms with Crippen LogP contribution in [0.5, 0.6) is 0 Å². The molecule has 0 saturated heterocycles. The Labute approximate surface area is 112 Å². The molecular weight excluding hydrogens is 248 g/mol. The third-order valence-corrected chi connectivity index (χ3v) is 3.44. The minimum absolute atomic E-state index is 0.0522. The van der Waals surface area contributed by atoms with E-state index in [1.807, 2.05) is 25.1 Å². The first-order valence-electron chi connectivity index (χ1n) is 6.09. The summed E-state index contributed by atoms with van der Waals surface area (Å²) in [6.07, 6.45) is 1.99. The molecule has 3 nitrogen and oxygen atoms in total. The molecule has 0 aliphatic rings. The molecule has 1 heterocycles. The van der Waals surface area contributed by atoms with E-state index in [9.17, 15) is 5.11 Å². The van der Waals surface area contributed by atoms with E-state index < -0.39 is 0 Å². The van der Waals surface area contributed by atoms with Gasteiger partial charge in [0.25, 0.3) is 0 Å². The molecule has 0 fully saturated rings. The van der Waals surface area contributed by atoms with Gasteiger partial charge in [0.1, 0.15) is 5.15 Å². The molecule has 96 valence electrons. The Hall–Kier alpha value is -1.32. The van der Waals surface area contributed by atoms with Crippen LogP contribution in [0.2, 0.25) is 5.15 Å². The van der Waals surface area contributed by atoms with Crippen molar-refractivity contribution in [3.05, 3.63) is 52.3 Å². The molecule has 1 N–H and O–H groups in total. The maximum absolute atomic E-state index is 9.18. The quantitative estimate of drug-likeness (QED) is 0.902. The van der Waals surface area contributed by atoms with E-state index in [0.717, 1.165) is 30.6 Å². The highest BCUT2D eigenvalue weighted by Crippen LogP contribution is 2.20. The highest BCUT2D eigenvalue weighted by Gasteiger charge is 2.11. The van der Waals surface area contributed by atoms with Crippen molar-refractivity contribution in [1.82, 2.24) is 9.78 Å². The lowest BCUT2D eigenvalue weighted by atomic mass is 10.1. The number of benzene rings is 1. The van der Waals surface area contributed by atoms with Gasteiger partial charge in [0.2, 0.25) is 0 Å². The van der Waals surface area contributed by atoms with Crippen LogP contribution in [-0.4, -0.2) is 14.9 Å². The lowest BCUT2D eigenvalue weighted by molar-refractivity contribution is 0.281. The molecular formula is C14H17ClN2O. The molecule has 4 heteroatoms. The second-order valence-electron chi connectivity index (χ2n) is 4.33. The molecule has 0 atom stereocenters. The van der Waals surface area contributed by atoms with Crippen molar-refractivity contribution in [2.24, 2.45) is 0 Å². The van der Waals surface area contributed by atoms with Gasteiger partial charge in [-0.2, -0.15) is 5.10 Å². The average Bonchev–Trinajstić information content (AvgIpc) is 2.65. The summed E-state index contributed by atoms with van der Waals surface area (Å²) in [5.74, 6) is 0. The fourth-order valence-corrected chi connectivity index (χ4v) is 2.31. The second-order valence-corrected chi connectivity index (χ2v) is 4.68. The molecule has 2 rings (SSSR count). The van der Waals surface area contributed by atoms with E-state index >= 15 is 0 Å². The molecule has 2 aromatic rings. The van der Waals surface area contributed by atoms with Crippen molar-refractivity contribution < 1.29 is 5.11 Å². The lowest BCUT2D eigenvalue weighted by Gasteiger charge is -2.04. The van der Waals surface area contributed by atoms with Crippen LogP contribution in [0.3, 0.4) is 0 Å². The fraction of sp³-hybridized carbons (Fsp3) is 0.357. The van der Waals surface area contributed by atoms with Gasteiger partial charge in [0, 0.05) is 12.1 Å². The van der Waals surface area contributed by atoms with Crippen LogP contribution in [0, 0.1) is 6.92 Å². The van der Waals surface area contributed by atoms with Gasteiger partial charge in [-0.25, -0.2) is 0 Å². The summed E-state index contributed by atoms with van der Waals surface area (Å²) >= 11 is 6.15. The Kier molecular flexibility index (Phi) is 4.39. The monoisotopic (exact) mass is 264 g/mol. The van der Waals surface area contributed by atoms with E-state index in [4.69, 9.17) is 11.6 Å². The van der Waals surface area contributed by atoms with Gasteiger partial charge >= 0.3 is 0 Å². The molecule has 0 radical (unpaired) electrons. The molecule has 0 unspecified atom stereocenters. The van der Waals surface area contributed by atoms with Crippen molar-refractivity contribution in [2.75, 3.05) is 0 Å². The summed E-state index contributed by atoms with van der Waals surface area (Å²) in [7, 11) is 0. The number of hydrogen-bond acceptors (Lipinski definition) is 2. The highest BCUT2D eigenvalue weighted by atomic mass is 35.5. The van der Waals surface area contributed by atoms with Crippen LogP contribution >= 0.6 is 11.6 Å². The molecule has 1 aromatic carbocycles. The summed E-state index contributed by atoms with van der Waals surface area (Å²) in [5, 5.41) is 14.1. The zero-order valence-corrected chi connectivity index (χ0v) is 11.2. The Morgan fingerprint density at radius 2 is 2.00 bits per heavy atom. The summed E-state index contributed by atoms with van der Waals surface area (Å²) in [5.41, 5.74) is 2.86. The third-order valence-electron chi connectivity index (χ3n) is 3.02. The van der Waals surface area contributed by atoms with Gasteiger partial charge < -0.3 is 5.11 Å². The van der Waals surface area contributed by atoms with E-state index in [-0.39, 0.29) is 6.61 Å². The molecule has 0 amide bonds. The van der Waals surface area contributed by atoms with Crippen LogP contribution in [-0.2, 0) is 19.6 Å². The first-order valence-corrected chi connectivity index (χ1v) is 6.46. The maximum Gasteiger partial charge on any atom is 0.132 e. The molecule has 0 aliphatic heterocycles.